The van der Waals surface area contributed by atoms with E-state index in [9.17, 15) is 4.79 Å². The molecule has 5 nitrogen and oxygen atoms in total. The maximum atomic E-state index is 12.5. The molecule has 1 aliphatic heterocycles. The molecule has 124 valence electrons. The quantitative estimate of drug-likeness (QED) is 0.920. The van der Waals surface area contributed by atoms with Gasteiger partial charge < -0.3 is 10.6 Å². The first-order valence-electron chi connectivity index (χ1n) is 7.44. The van der Waals surface area contributed by atoms with Crippen molar-refractivity contribution in [3.63, 3.8) is 0 Å². The molecular formula is C16H20Cl2N4O. The van der Waals surface area contributed by atoms with Gasteiger partial charge >= 0.3 is 0 Å². The lowest BCUT2D eigenvalue weighted by atomic mass is 10.1. The second-order valence-electron chi connectivity index (χ2n) is 5.67. The van der Waals surface area contributed by atoms with Crippen LogP contribution >= 0.6 is 24.0 Å². The molecule has 0 saturated carbocycles. The molecule has 1 unspecified atom stereocenters. The van der Waals surface area contributed by atoms with Crippen LogP contribution in [0.4, 0.5) is 0 Å². The van der Waals surface area contributed by atoms with Crippen molar-refractivity contribution in [3.05, 3.63) is 52.8 Å². The Hall–Kier alpha value is -1.56. The summed E-state index contributed by atoms with van der Waals surface area (Å²) in [6.07, 6.45) is 5.32. The second-order valence-corrected chi connectivity index (χ2v) is 6.08. The van der Waals surface area contributed by atoms with E-state index in [1.807, 2.05) is 29.2 Å². The summed E-state index contributed by atoms with van der Waals surface area (Å²) in [5.74, 6) is 0.000517. The number of carbonyl (C=O) groups excluding carboxylic acids is 1. The third-order valence-electron chi connectivity index (χ3n) is 3.92. The van der Waals surface area contributed by atoms with Crippen molar-refractivity contribution >= 4 is 29.9 Å². The van der Waals surface area contributed by atoms with E-state index in [2.05, 4.69) is 5.10 Å². The van der Waals surface area contributed by atoms with Gasteiger partial charge in [-0.3, -0.25) is 9.48 Å². The molecule has 0 bridgehead atoms. The normalized spacial score (nSPS) is 17.7. The van der Waals surface area contributed by atoms with Crippen LogP contribution in [-0.4, -0.2) is 39.7 Å². The van der Waals surface area contributed by atoms with Crippen molar-refractivity contribution in [1.29, 1.82) is 0 Å². The minimum absolute atomic E-state index is 0. The molecule has 1 fully saturated rings. The number of hydrogen-bond acceptors (Lipinski definition) is 3. The minimum Gasteiger partial charge on any atom is -0.337 e. The number of hydrogen-bond donors (Lipinski definition) is 1. The molecule has 1 aliphatic rings. The number of benzene rings is 1. The Morgan fingerprint density at radius 2 is 2.17 bits per heavy atom. The van der Waals surface area contributed by atoms with Crippen LogP contribution in [-0.2, 0) is 6.54 Å². The van der Waals surface area contributed by atoms with Crippen molar-refractivity contribution < 1.29 is 4.79 Å². The van der Waals surface area contributed by atoms with Gasteiger partial charge in [0, 0.05) is 30.4 Å². The third kappa shape index (κ3) is 4.25. The number of amides is 1. The maximum absolute atomic E-state index is 12.5. The van der Waals surface area contributed by atoms with Crippen LogP contribution in [0.15, 0.2) is 36.7 Å². The Morgan fingerprint density at radius 3 is 2.91 bits per heavy atom. The number of piperidine rings is 1. The van der Waals surface area contributed by atoms with Crippen LogP contribution in [0.1, 0.15) is 28.8 Å². The van der Waals surface area contributed by atoms with Gasteiger partial charge in [0.25, 0.3) is 5.91 Å². The summed E-state index contributed by atoms with van der Waals surface area (Å²) >= 11 is 6.15. The Bertz CT molecular complexity index is 674. The lowest BCUT2D eigenvalue weighted by Crippen LogP contribution is -2.45. The number of aromatic nitrogens is 2. The van der Waals surface area contributed by atoms with Crippen LogP contribution in [0.3, 0.4) is 0 Å². The van der Waals surface area contributed by atoms with Gasteiger partial charge in [0.05, 0.1) is 18.3 Å². The highest BCUT2D eigenvalue weighted by molar-refractivity contribution is 6.31. The smallest absolute Gasteiger partial charge is 0.257 e. The fourth-order valence-electron chi connectivity index (χ4n) is 2.74. The van der Waals surface area contributed by atoms with E-state index in [-0.39, 0.29) is 24.4 Å². The molecule has 2 N–H and O–H groups in total. The van der Waals surface area contributed by atoms with Gasteiger partial charge in [0.2, 0.25) is 0 Å². The molecule has 1 saturated heterocycles. The van der Waals surface area contributed by atoms with Crippen molar-refractivity contribution in [2.45, 2.75) is 25.4 Å². The molecule has 23 heavy (non-hydrogen) atoms. The molecule has 1 aromatic heterocycles. The zero-order chi connectivity index (χ0) is 15.5. The molecule has 2 aromatic rings. The zero-order valence-electron chi connectivity index (χ0n) is 12.7. The molecule has 2 heterocycles. The summed E-state index contributed by atoms with van der Waals surface area (Å²) < 4.78 is 1.73. The summed E-state index contributed by atoms with van der Waals surface area (Å²) in [7, 11) is 0. The van der Waals surface area contributed by atoms with Gasteiger partial charge in [-0.2, -0.15) is 5.10 Å². The van der Waals surface area contributed by atoms with E-state index in [0.717, 1.165) is 24.9 Å². The van der Waals surface area contributed by atoms with Gasteiger partial charge in [0.1, 0.15) is 0 Å². The average molecular weight is 355 g/mol. The van der Waals surface area contributed by atoms with E-state index in [4.69, 9.17) is 17.3 Å². The molecule has 0 radical (unpaired) electrons. The first-order chi connectivity index (χ1) is 10.6. The molecule has 1 atom stereocenters. The number of nitrogens with two attached hydrogens (primary N) is 1. The third-order valence-corrected chi connectivity index (χ3v) is 4.28. The molecular weight excluding hydrogens is 335 g/mol. The summed E-state index contributed by atoms with van der Waals surface area (Å²) in [6.45, 7) is 1.93. The van der Waals surface area contributed by atoms with Crippen LogP contribution < -0.4 is 5.73 Å². The molecule has 1 amide bonds. The minimum atomic E-state index is 0. The van der Waals surface area contributed by atoms with E-state index in [0.29, 0.717) is 23.7 Å². The first kappa shape index (κ1) is 17.8. The highest BCUT2D eigenvalue weighted by Crippen LogP contribution is 2.17. The Labute approximate surface area is 146 Å². The standard InChI is InChI=1S/C16H19ClN4O.ClH/c17-15-6-2-1-4-12(15)9-21-10-13(8-19-21)16(22)20-7-3-5-14(18)11-20;/h1-2,4,6,8,10,14H,3,5,7,9,11,18H2;1H. The Kier molecular flexibility index (Phi) is 6.04. The van der Waals surface area contributed by atoms with Gasteiger partial charge in [-0.1, -0.05) is 29.8 Å². The average Bonchev–Trinajstić information content (AvgIpc) is 2.97. The van der Waals surface area contributed by atoms with Crippen LogP contribution in [0.2, 0.25) is 5.02 Å². The van der Waals surface area contributed by atoms with Crippen LogP contribution in [0.5, 0.6) is 0 Å². The van der Waals surface area contributed by atoms with Crippen molar-refractivity contribution in [3.8, 4) is 0 Å². The summed E-state index contributed by atoms with van der Waals surface area (Å²) in [5.41, 5.74) is 7.51. The predicted octanol–water partition coefficient (Wildman–Crippen LogP) is 2.57. The molecule has 0 aliphatic carbocycles. The van der Waals surface area contributed by atoms with Gasteiger partial charge in [-0.25, -0.2) is 0 Å². The first-order valence-corrected chi connectivity index (χ1v) is 7.82. The Morgan fingerprint density at radius 1 is 1.39 bits per heavy atom. The fourth-order valence-corrected chi connectivity index (χ4v) is 2.93. The van der Waals surface area contributed by atoms with Crippen LogP contribution in [0, 0.1) is 0 Å². The SMILES string of the molecule is Cl.NC1CCCN(C(=O)c2cnn(Cc3ccccc3Cl)c2)C1. The number of rotatable bonds is 3. The predicted molar refractivity (Wildman–Crippen MR) is 93.1 cm³/mol. The number of nitrogens with zero attached hydrogens (tertiary/aromatic N) is 3. The van der Waals surface area contributed by atoms with Gasteiger partial charge in [-0.15, -0.1) is 12.4 Å². The zero-order valence-corrected chi connectivity index (χ0v) is 14.3. The topological polar surface area (TPSA) is 64.2 Å². The number of likely N-dealkylation sites (tertiary alicyclic amines) is 1. The highest BCUT2D eigenvalue weighted by atomic mass is 35.5. The van der Waals surface area contributed by atoms with E-state index in [1.54, 1.807) is 17.1 Å². The molecule has 7 heteroatoms. The highest BCUT2D eigenvalue weighted by Gasteiger charge is 2.23. The molecule has 0 spiro atoms. The van der Waals surface area contributed by atoms with E-state index >= 15 is 0 Å². The van der Waals surface area contributed by atoms with E-state index < -0.39 is 0 Å². The van der Waals surface area contributed by atoms with E-state index in [1.165, 1.54) is 0 Å². The molecule has 3 rings (SSSR count). The number of halogens is 2. The van der Waals surface area contributed by atoms with Crippen molar-refractivity contribution in [2.75, 3.05) is 13.1 Å². The monoisotopic (exact) mass is 354 g/mol. The van der Waals surface area contributed by atoms with Gasteiger partial charge in [0.15, 0.2) is 0 Å². The number of carbonyl (C=O) groups is 1. The second kappa shape index (κ2) is 7.81. The fraction of sp³-hybridized carbons (Fsp3) is 0.375. The lowest BCUT2D eigenvalue weighted by Gasteiger charge is -2.30. The summed E-state index contributed by atoms with van der Waals surface area (Å²) in [6, 6.07) is 7.71. The maximum Gasteiger partial charge on any atom is 0.257 e. The largest absolute Gasteiger partial charge is 0.337 e. The summed E-state index contributed by atoms with van der Waals surface area (Å²) in [5, 5.41) is 4.97. The van der Waals surface area contributed by atoms with Gasteiger partial charge in [-0.05, 0) is 24.5 Å². The molecule has 1 aromatic carbocycles. The Balaban J connectivity index is 0.00000192. The lowest BCUT2D eigenvalue weighted by molar-refractivity contribution is 0.0708. The summed E-state index contributed by atoms with van der Waals surface area (Å²) in [4.78, 5) is 14.3. The van der Waals surface area contributed by atoms with Crippen molar-refractivity contribution in [1.82, 2.24) is 14.7 Å². The van der Waals surface area contributed by atoms with Crippen molar-refractivity contribution in [2.24, 2.45) is 5.73 Å². The van der Waals surface area contributed by atoms with Crippen LogP contribution in [0.25, 0.3) is 0 Å².